The number of hydrogen-bond acceptors (Lipinski definition) is 7. The number of hydrogen-bond donors (Lipinski definition) is 1. The quantitative estimate of drug-likeness (QED) is 0.734. The maximum Gasteiger partial charge on any atom is 0.231 e. The van der Waals surface area contributed by atoms with Crippen molar-refractivity contribution in [3.63, 3.8) is 0 Å². The molecule has 1 N–H and O–H groups in total. The number of rotatable bonds is 5. The van der Waals surface area contributed by atoms with Gasteiger partial charge in [-0.3, -0.25) is 0 Å². The fraction of sp³-hybridized carbons (Fsp3) is 0.300. The number of methoxy groups -OCH3 is 2. The van der Waals surface area contributed by atoms with Crippen LogP contribution in [0, 0.1) is 6.92 Å². The highest BCUT2D eigenvalue weighted by Gasteiger charge is 2.18. The van der Waals surface area contributed by atoms with Crippen LogP contribution in [0.1, 0.15) is 24.4 Å². The molecule has 4 rings (SSSR count). The van der Waals surface area contributed by atoms with Crippen molar-refractivity contribution in [1.29, 1.82) is 0 Å². The van der Waals surface area contributed by atoms with Gasteiger partial charge in [0.25, 0.3) is 0 Å². The smallest absolute Gasteiger partial charge is 0.231 e. The molecule has 3 aromatic rings. The molecular formula is C20H21N3O4. The fourth-order valence-electron chi connectivity index (χ4n) is 3.15. The fourth-order valence-corrected chi connectivity index (χ4v) is 3.15. The minimum Gasteiger partial charge on any atom is -0.493 e. The summed E-state index contributed by atoms with van der Waals surface area (Å²) in [5.41, 5.74) is 1.87. The normalized spacial score (nSPS) is 13.5. The second kappa shape index (κ2) is 6.83. The summed E-state index contributed by atoms with van der Waals surface area (Å²) in [4.78, 5) is 9.12. The molecule has 0 aliphatic carbocycles. The highest BCUT2D eigenvalue weighted by atomic mass is 16.7. The number of benzene rings is 2. The third-order valence-corrected chi connectivity index (χ3v) is 4.56. The highest BCUT2D eigenvalue weighted by molar-refractivity contribution is 5.92. The molecule has 0 saturated carbocycles. The Hall–Kier alpha value is -3.22. The molecule has 7 heteroatoms. The lowest BCUT2D eigenvalue weighted by atomic mass is 10.1. The summed E-state index contributed by atoms with van der Waals surface area (Å²) in [6.45, 7) is 4.20. The van der Waals surface area contributed by atoms with Crippen LogP contribution in [-0.4, -0.2) is 31.0 Å². The van der Waals surface area contributed by atoms with Crippen LogP contribution in [0.4, 0.5) is 5.82 Å². The van der Waals surface area contributed by atoms with E-state index >= 15 is 0 Å². The lowest BCUT2D eigenvalue weighted by Crippen LogP contribution is -2.09. The van der Waals surface area contributed by atoms with Gasteiger partial charge < -0.3 is 24.3 Å². The Morgan fingerprint density at radius 3 is 2.52 bits per heavy atom. The SMILES string of the molecule is COc1cc2nc(C)nc(NC(C)c3ccc4c(c3)OCO4)c2cc1OC. The molecule has 0 fully saturated rings. The van der Waals surface area contributed by atoms with Crippen molar-refractivity contribution in [3.8, 4) is 23.0 Å². The Kier molecular flexibility index (Phi) is 4.35. The molecule has 0 saturated heterocycles. The standard InChI is InChI=1S/C20H21N3O4/c1-11(13-5-6-16-19(7-13)27-10-26-16)21-20-14-8-17(24-3)18(25-4)9-15(14)22-12(2)23-20/h5-9,11H,10H2,1-4H3,(H,21,22,23). The molecule has 27 heavy (non-hydrogen) atoms. The number of aryl methyl sites for hydroxylation is 1. The van der Waals surface area contributed by atoms with E-state index in [1.165, 1.54) is 0 Å². The molecule has 0 radical (unpaired) electrons. The Bertz CT molecular complexity index is 1010. The molecule has 0 bridgehead atoms. The van der Waals surface area contributed by atoms with Gasteiger partial charge in [0.1, 0.15) is 11.6 Å². The van der Waals surface area contributed by atoms with Crippen molar-refractivity contribution in [2.24, 2.45) is 0 Å². The summed E-state index contributed by atoms with van der Waals surface area (Å²) < 4.78 is 21.7. The molecule has 2 heterocycles. The summed E-state index contributed by atoms with van der Waals surface area (Å²) in [7, 11) is 3.22. The molecule has 0 amide bonds. The predicted octanol–water partition coefficient (Wildman–Crippen LogP) is 3.86. The van der Waals surface area contributed by atoms with Gasteiger partial charge in [0.15, 0.2) is 23.0 Å². The molecule has 7 nitrogen and oxygen atoms in total. The van der Waals surface area contributed by atoms with Crippen LogP contribution in [0.3, 0.4) is 0 Å². The van der Waals surface area contributed by atoms with Crippen LogP contribution in [-0.2, 0) is 0 Å². The summed E-state index contributed by atoms with van der Waals surface area (Å²) in [5, 5.41) is 4.34. The number of nitrogens with zero attached hydrogens (tertiary/aromatic N) is 2. The van der Waals surface area contributed by atoms with E-state index in [-0.39, 0.29) is 12.8 Å². The second-order valence-corrected chi connectivity index (χ2v) is 6.32. The van der Waals surface area contributed by atoms with E-state index in [0.717, 1.165) is 33.8 Å². The van der Waals surface area contributed by atoms with Gasteiger partial charge >= 0.3 is 0 Å². The average molecular weight is 367 g/mol. The monoisotopic (exact) mass is 367 g/mol. The second-order valence-electron chi connectivity index (χ2n) is 6.32. The Morgan fingerprint density at radius 2 is 1.74 bits per heavy atom. The Morgan fingerprint density at radius 1 is 1.00 bits per heavy atom. The first kappa shape index (κ1) is 17.2. The Labute approximate surface area is 157 Å². The van der Waals surface area contributed by atoms with E-state index in [9.17, 15) is 0 Å². The van der Waals surface area contributed by atoms with Gasteiger partial charge in [0.2, 0.25) is 6.79 Å². The molecule has 1 aliphatic heterocycles. The van der Waals surface area contributed by atoms with Crippen LogP contribution in [0.5, 0.6) is 23.0 Å². The summed E-state index contributed by atoms with van der Waals surface area (Å²) in [6.07, 6.45) is 0. The van der Waals surface area contributed by atoms with Gasteiger partial charge in [-0.2, -0.15) is 0 Å². The molecule has 1 unspecified atom stereocenters. The van der Waals surface area contributed by atoms with Crippen molar-refractivity contribution in [1.82, 2.24) is 9.97 Å². The number of fused-ring (bicyclic) bond motifs is 2. The van der Waals surface area contributed by atoms with Crippen molar-refractivity contribution in [2.45, 2.75) is 19.9 Å². The molecule has 0 spiro atoms. The number of nitrogens with one attached hydrogen (secondary N) is 1. The number of anilines is 1. The first-order chi connectivity index (χ1) is 13.1. The Balaban J connectivity index is 1.72. The zero-order valence-electron chi connectivity index (χ0n) is 15.7. The van der Waals surface area contributed by atoms with Gasteiger partial charge in [0.05, 0.1) is 25.8 Å². The van der Waals surface area contributed by atoms with E-state index in [2.05, 4.69) is 22.2 Å². The van der Waals surface area contributed by atoms with Crippen LogP contribution in [0.25, 0.3) is 10.9 Å². The van der Waals surface area contributed by atoms with E-state index in [1.54, 1.807) is 14.2 Å². The maximum absolute atomic E-state index is 5.48. The van der Waals surface area contributed by atoms with Gasteiger partial charge in [-0.1, -0.05) is 6.07 Å². The van der Waals surface area contributed by atoms with Crippen molar-refractivity contribution < 1.29 is 18.9 Å². The van der Waals surface area contributed by atoms with Crippen molar-refractivity contribution in [3.05, 3.63) is 41.7 Å². The average Bonchev–Trinajstić information content (AvgIpc) is 3.14. The van der Waals surface area contributed by atoms with Crippen molar-refractivity contribution >= 4 is 16.7 Å². The van der Waals surface area contributed by atoms with Gasteiger partial charge in [0, 0.05) is 11.5 Å². The predicted molar refractivity (Wildman–Crippen MR) is 102 cm³/mol. The van der Waals surface area contributed by atoms with Crippen LogP contribution >= 0.6 is 0 Å². The lowest BCUT2D eigenvalue weighted by molar-refractivity contribution is 0.174. The molecule has 2 aromatic carbocycles. The summed E-state index contributed by atoms with van der Waals surface area (Å²) >= 11 is 0. The van der Waals surface area contributed by atoms with Crippen LogP contribution in [0.2, 0.25) is 0 Å². The minimum absolute atomic E-state index is 0.00472. The molecular weight excluding hydrogens is 346 g/mol. The van der Waals surface area contributed by atoms with Crippen LogP contribution in [0.15, 0.2) is 30.3 Å². The molecule has 1 aromatic heterocycles. The third-order valence-electron chi connectivity index (χ3n) is 4.56. The van der Waals surface area contributed by atoms with Gasteiger partial charge in [-0.05, 0) is 37.6 Å². The first-order valence-corrected chi connectivity index (χ1v) is 8.65. The molecule has 1 atom stereocenters. The van der Waals surface area contributed by atoms with E-state index in [0.29, 0.717) is 17.3 Å². The van der Waals surface area contributed by atoms with E-state index in [1.807, 2.05) is 37.3 Å². The minimum atomic E-state index is 0.00472. The number of ether oxygens (including phenoxy) is 4. The highest BCUT2D eigenvalue weighted by Crippen LogP contribution is 2.37. The maximum atomic E-state index is 5.48. The zero-order chi connectivity index (χ0) is 19.0. The summed E-state index contributed by atoms with van der Waals surface area (Å²) in [6, 6.07) is 9.68. The van der Waals surface area contributed by atoms with Crippen molar-refractivity contribution in [2.75, 3.05) is 26.3 Å². The third kappa shape index (κ3) is 3.16. The topological polar surface area (TPSA) is 74.7 Å². The van der Waals surface area contributed by atoms with Gasteiger partial charge in [-0.25, -0.2) is 9.97 Å². The molecule has 1 aliphatic rings. The molecule has 140 valence electrons. The number of aromatic nitrogens is 2. The largest absolute Gasteiger partial charge is 0.493 e. The lowest BCUT2D eigenvalue weighted by Gasteiger charge is -2.18. The van der Waals surface area contributed by atoms with Crippen LogP contribution < -0.4 is 24.3 Å². The van der Waals surface area contributed by atoms with E-state index < -0.39 is 0 Å². The van der Waals surface area contributed by atoms with E-state index in [4.69, 9.17) is 18.9 Å². The zero-order valence-corrected chi connectivity index (χ0v) is 15.7. The summed E-state index contributed by atoms with van der Waals surface area (Å²) in [5.74, 6) is 4.22. The van der Waals surface area contributed by atoms with Gasteiger partial charge in [-0.15, -0.1) is 0 Å². The first-order valence-electron chi connectivity index (χ1n) is 8.65.